The average Bonchev–Trinajstić information content (AvgIpc) is 2.58. The standard InChI is InChI=1S/C18H22N2O3/c1-13(19)18(22)20-11-17(21)15-8-5-9-16(10-15)23-12-14-6-3-2-4-7-14/h2-10,13,17,21H,11-12,19H2,1H3,(H,20,22)/t13-,17?/m0/s1. The summed E-state index contributed by atoms with van der Waals surface area (Å²) in [6, 6.07) is 16.5. The van der Waals surface area contributed by atoms with Crippen LogP contribution in [0.3, 0.4) is 0 Å². The van der Waals surface area contributed by atoms with E-state index in [0.29, 0.717) is 17.9 Å². The normalized spacial score (nSPS) is 13.2. The summed E-state index contributed by atoms with van der Waals surface area (Å²) in [7, 11) is 0. The quantitative estimate of drug-likeness (QED) is 0.727. The van der Waals surface area contributed by atoms with Crippen molar-refractivity contribution < 1.29 is 14.6 Å². The minimum Gasteiger partial charge on any atom is -0.489 e. The summed E-state index contributed by atoms with van der Waals surface area (Å²) in [4.78, 5) is 11.4. The van der Waals surface area contributed by atoms with Gasteiger partial charge in [-0.15, -0.1) is 0 Å². The molecule has 0 aliphatic carbocycles. The zero-order chi connectivity index (χ0) is 16.7. The molecule has 2 aromatic carbocycles. The van der Waals surface area contributed by atoms with E-state index >= 15 is 0 Å². The van der Waals surface area contributed by atoms with Crippen molar-refractivity contribution in [2.75, 3.05) is 6.54 Å². The van der Waals surface area contributed by atoms with Crippen LogP contribution in [-0.4, -0.2) is 23.6 Å². The van der Waals surface area contributed by atoms with Crippen molar-refractivity contribution in [3.05, 3.63) is 65.7 Å². The minimum atomic E-state index is -0.807. The third-order valence-electron chi connectivity index (χ3n) is 3.37. The summed E-state index contributed by atoms with van der Waals surface area (Å²) in [6.45, 7) is 2.17. The molecule has 0 saturated heterocycles. The van der Waals surface area contributed by atoms with E-state index in [-0.39, 0.29) is 12.5 Å². The highest BCUT2D eigenvalue weighted by molar-refractivity contribution is 5.80. The molecule has 0 bridgehead atoms. The van der Waals surface area contributed by atoms with Crippen LogP contribution >= 0.6 is 0 Å². The largest absolute Gasteiger partial charge is 0.489 e. The van der Waals surface area contributed by atoms with Crippen molar-refractivity contribution in [1.29, 1.82) is 0 Å². The summed E-state index contributed by atoms with van der Waals surface area (Å²) in [5.74, 6) is 0.379. The Morgan fingerprint density at radius 2 is 1.96 bits per heavy atom. The number of hydrogen-bond acceptors (Lipinski definition) is 4. The molecule has 0 heterocycles. The molecule has 0 spiro atoms. The van der Waals surface area contributed by atoms with E-state index in [2.05, 4.69) is 5.32 Å². The van der Waals surface area contributed by atoms with Gasteiger partial charge >= 0.3 is 0 Å². The van der Waals surface area contributed by atoms with Crippen LogP contribution in [0.4, 0.5) is 0 Å². The van der Waals surface area contributed by atoms with Crippen LogP contribution in [0.15, 0.2) is 54.6 Å². The van der Waals surface area contributed by atoms with Gasteiger partial charge in [0, 0.05) is 6.54 Å². The van der Waals surface area contributed by atoms with Gasteiger partial charge < -0.3 is 20.9 Å². The maximum absolute atomic E-state index is 11.4. The van der Waals surface area contributed by atoms with E-state index in [1.54, 1.807) is 19.1 Å². The molecule has 0 saturated carbocycles. The molecule has 0 fully saturated rings. The Hall–Kier alpha value is -2.37. The first-order chi connectivity index (χ1) is 11.1. The number of hydrogen-bond donors (Lipinski definition) is 3. The molecule has 4 N–H and O–H groups in total. The molecule has 2 rings (SSSR count). The Kier molecular flexibility index (Phi) is 6.14. The van der Waals surface area contributed by atoms with Crippen molar-refractivity contribution >= 4 is 5.91 Å². The number of benzene rings is 2. The highest BCUT2D eigenvalue weighted by atomic mass is 16.5. The predicted molar refractivity (Wildman–Crippen MR) is 88.8 cm³/mol. The summed E-state index contributed by atoms with van der Waals surface area (Å²) in [6.07, 6.45) is -0.807. The van der Waals surface area contributed by atoms with Crippen molar-refractivity contribution in [3.63, 3.8) is 0 Å². The zero-order valence-corrected chi connectivity index (χ0v) is 13.1. The number of rotatable bonds is 7. The highest BCUT2D eigenvalue weighted by Gasteiger charge is 2.12. The molecule has 5 heteroatoms. The number of ether oxygens (including phenoxy) is 1. The van der Waals surface area contributed by atoms with Crippen LogP contribution in [0.1, 0.15) is 24.2 Å². The van der Waals surface area contributed by atoms with Gasteiger partial charge in [-0.3, -0.25) is 4.79 Å². The van der Waals surface area contributed by atoms with Crippen molar-refractivity contribution in [1.82, 2.24) is 5.32 Å². The van der Waals surface area contributed by atoms with Gasteiger partial charge in [0.15, 0.2) is 0 Å². The maximum Gasteiger partial charge on any atom is 0.236 e. The number of aliphatic hydroxyl groups is 1. The number of carbonyl (C=O) groups excluding carboxylic acids is 1. The highest BCUT2D eigenvalue weighted by Crippen LogP contribution is 2.20. The van der Waals surface area contributed by atoms with Crippen LogP contribution in [0.2, 0.25) is 0 Å². The minimum absolute atomic E-state index is 0.114. The van der Waals surface area contributed by atoms with Gasteiger partial charge in [-0.25, -0.2) is 0 Å². The first-order valence-electron chi connectivity index (χ1n) is 7.54. The Balaban J connectivity index is 1.92. The average molecular weight is 314 g/mol. The lowest BCUT2D eigenvalue weighted by Gasteiger charge is -2.15. The maximum atomic E-state index is 11.4. The fourth-order valence-corrected chi connectivity index (χ4v) is 2.03. The molecule has 23 heavy (non-hydrogen) atoms. The molecule has 0 aromatic heterocycles. The molecular formula is C18H22N2O3. The first-order valence-corrected chi connectivity index (χ1v) is 7.54. The summed E-state index contributed by atoms with van der Waals surface area (Å²) in [5.41, 5.74) is 7.22. The Morgan fingerprint density at radius 1 is 1.22 bits per heavy atom. The van der Waals surface area contributed by atoms with Gasteiger partial charge in [-0.05, 0) is 30.2 Å². The lowest BCUT2D eigenvalue weighted by atomic mass is 10.1. The summed E-state index contributed by atoms with van der Waals surface area (Å²) >= 11 is 0. The number of amides is 1. The number of aliphatic hydroxyl groups excluding tert-OH is 1. The fourth-order valence-electron chi connectivity index (χ4n) is 2.03. The van der Waals surface area contributed by atoms with Crippen molar-refractivity contribution in [2.45, 2.75) is 25.7 Å². The third-order valence-corrected chi connectivity index (χ3v) is 3.37. The first kappa shape index (κ1) is 17.0. The predicted octanol–water partition coefficient (Wildman–Crippen LogP) is 1.76. The molecule has 0 aliphatic rings. The Morgan fingerprint density at radius 3 is 2.65 bits per heavy atom. The molecule has 0 aliphatic heterocycles. The van der Waals surface area contributed by atoms with Gasteiger partial charge in [0.1, 0.15) is 12.4 Å². The molecule has 5 nitrogen and oxygen atoms in total. The van der Waals surface area contributed by atoms with Gasteiger partial charge in [0.25, 0.3) is 0 Å². The lowest BCUT2D eigenvalue weighted by molar-refractivity contribution is -0.122. The topological polar surface area (TPSA) is 84.6 Å². The van der Waals surface area contributed by atoms with Gasteiger partial charge in [0.2, 0.25) is 5.91 Å². The Bertz CT molecular complexity index is 629. The van der Waals surface area contributed by atoms with Crippen LogP contribution in [0, 0.1) is 0 Å². The van der Waals surface area contributed by atoms with E-state index in [1.165, 1.54) is 0 Å². The fraction of sp³-hybridized carbons (Fsp3) is 0.278. The molecule has 2 atom stereocenters. The Labute approximate surface area is 136 Å². The van der Waals surface area contributed by atoms with Crippen molar-refractivity contribution in [2.24, 2.45) is 5.73 Å². The molecule has 122 valence electrons. The van der Waals surface area contributed by atoms with Gasteiger partial charge in [-0.1, -0.05) is 42.5 Å². The van der Waals surface area contributed by atoms with E-state index in [1.807, 2.05) is 42.5 Å². The smallest absolute Gasteiger partial charge is 0.236 e. The van der Waals surface area contributed by atoms with Gasteiger partial charge in [-0.2, -0.15) is 0 Å². The monoisotopic (exact) mass is 314 g/mol. The second-order valence-corrected chi connectivity index (χ2v) is 5.40. The van der Waals surface area contributed by atoms with Gasteiger partial charge in [0.05, 0.1) is 12.1 Å². The molecule has 1 amide bonds. The number of nitrogens with one attached hydrogen (secondary N) is 1. The van der Waals surface area contributed by atoms with E-state index < -0.39 is 12.1 Å². The van der Waals surface area contributed by atoms with Crippen molar-refractivity contribution in [3.8, 4) is 5.75 Å². The van der Waals surface area contributed by atoms with E-state index in [4.69, 9.17) is 10.5 Å². The zero-order valence-electron chi connectivity index (χ0n) is 13.1. The van der Waals surface area contributed by atoms with Crippen LogP contribution < -0.4 is 15.8 Å². The molecule has 1 unspecified atom stereocenters. The van der Waals surface area contributed by atoms with E-state index in [9.17, 15) is 9.90 Å². The van der Waals surface area contributed by atoms with Crippen LogP contribution in [0.5, 0.6) is 5.75 Å². The summed E-state index contributed by atoms with van der Waals surface area (Å²) < 4.78 is 5.73. The van der Waals surface area contributed by atoms with Crippen LogP contribution in [-0.2, 0) is 11.4 Å². The molecule has 2 aromatic rings. The SMILES string of the molecule is C[C@H](N)C(=O)NCC(O)c1cccc(OCc2ccccc2)c1. The third kappa shape index (κ3) is 5.39. The molecule has 0 radical (unpaired) electrons. The van der Waals surface area contributed by atoms with E-state index in [0.717, 1.165) is 5.56 Å². The number of nitrogens with two attached hydrogens (primary N) is 1. The van der Waals surface area contributed by atoms with Crippen LogP contribution in [0.25, 0.3) is 0 Å². The summed E-state index contributed by atoms with van der Waals surface area (Å²) in [5, 5.41) is 12.8. The lowest BCUT2D eigenvalue weighted by Crippen LogP contribution is -2.40. The second kappa shape index (κ2) is 8.31. The number of carbonyl (C=O) groups is 1. The molecular weight excluding hydrogens is 292 g/mol. The second-order valence-electron chi connectivity index (χ2n) is 5.40.